The maximum atomic E-state index is 11.1. The average molecular weight is 274 g/mol. The first-order valence-electron chi connectivity index (χ1n) is 5.59. The van der Waals surface area contributed by atoms with Crippen molar-refractivity contribution in [2.24, 2.45) is 0 Å². The summed E-state index contributed by atoms with van der Waals surface area (Å²) in [6, 6.07) is 13.7. The zero-order valence-corrected chi connectivity index (χ0v) is 10.2. The minimum Gasteiger partial charge on any atom is -0.258 e. The Morgan fingerprint density at radius 3 is 2.10 bits per heavy atom. The van der Waals surface area contributed by atoms with Crippen molar-refractivity contribution in [1.29, 1.82) is 0 Å². The number of para-hydroxylation sites is 3. The van der Waals surface area contributed by atoms with Gasteiger partial charge in [-0.2, -0.15) is 0 Å². The number of nitro benzene ring substituents is 1. The SMILES string of the molecule is O=[N+]([O-])c1ccccc1NN(c1ccccc1)[N+](=O)[O-]. The maximum absolute atomic E-state index is 11.1. The summed E-state index contributed by atoms with van der Waals surface area (Å²) in [6.45, 7) is 0. The fourth-order valence-corrected chi connectivity index (χ4v) is 1.61. The molecule has 0 bridgehead atoms. The predicted molar refractivity (Wildman–Crippen MR) is 72.6 cm³/mol. The lowest BCUT2D eigenvalue weighted by Crippen LogP contribution is -2.35. The maximum Gasteiger partial charge on any atom is 0.294 e. The lowest BCUT2D eigenvalue weighted by atomic mass is 10.3. The molecule has 2 aromatic rings. The number of hydrogen-bond acceptors (Lipinski definition) is 5. The van der Waals surface area contributed by atoms with Gasteiger partial charge in [0, 0.05) is 11.2 Å². The van der Waals surface area contributed by atoms with Crippen molar-refractivity contribution < 1.29 is 9.96 Å². The molecule has 0 aromatic heterocycles. The van der Waals surface area contributed by atoms with Crippen LogP contribution in [0.25, 0.3) is 0 Å². The fraction of sp³-hybridized carbons (Fsp3) is 0. The molecule has 8 nitrogen and oxygen atoms in total. The topological polar surface area (TPSA) is 102 Å². The molecule has 0 amide bonds. The number of hydrogen-bond donors (Lipinski definition) is 1. The van der Waals surface area contributed by atoms with Gasteiger partial charge < -0.3 is 0 Å². The summed E-state index contributed by atoms with van der Waals surface area (Å²) in [5.41, 5.74) is 2.50. The molecule has 0 unspecified atom stereocenters. The van der Waals surface area contributed by atoms with Gasteiger partial charge in [-0.05, 0) is 18.2 Å². The molecule has 0 aliphatic carbocycles. The van der Waals surface area contributed by atoms with Crippen molar-refractivity contribution >= 4 is 17.1 Å². The number of hydrazine groups is 2. The molecule has 0 saturated carbocycles. The molecule has 0 atom stereocenters. The number of nitro groups is 2. The Morgan fingerprint density at radius 2 is 1.50 bits per heavy atom. The lowest BCUT2D eigenvalue weighted by molar-refractivity contribution is -0.490. The van der Waals surface area contributed by atoms with Gasteiger partial charge in [0.05, 0.1) is 4.92 Å². The van der Waals surface area contributed by atoms with E-state index in [1.54, 1.807) is 24.3 Å². The van der Waals surface area contributed by atoms with Crippen molar-refractivity contribution in [3.05, 3.63) is 74.8 Å². The Morgan fingerprint density at radius 1 is 0.900 bits per heavy atom. The van der Waals surface area contributed by atoms with Crippen LogP contribution in [0.5, 0.6) is 0 Å². The van der Waals surface area contributed by atoms with E-state index in [4.69, 9.17) is 0 Å². The third-order valence-electron chi connectivity index (χ3n) is 2.49. The average Bonchev–Trinajstić information content (AvgIpc) is 2.45. The molecule has 0 saturated heterocycles. The van der Waals surface area contributed by atoms with Crippen LogP contribution in [0.2, 0.25) is 0 Å². The molecule has 2 aromatic carbocycles. The van der Waals surface area contributed by atoms with E-state index in [9.17, 15) is 20.2 Å². The fourth-order valence-electron chi connectivity index (χ4n) is 1.61. The van der Waals surface area contributed by atoms with Gasteiger partial charge in [-0.25, -0.2) is 15.5 Å². The second-order valence-electron chi connectivity index (χ2n) is 3.77. The smallest absolute Gasteiger partial charge is 0.258 e. The summed E-state index contributed by atoms with van der Waals surface area (Å²) in [6.07, 6.45) is 0. The van der Waals surface area contributed by atoms with Crippen LogP contribution in [0, 0.1) is 20.2 Å². The predicted octanol–water partition coefficient (Wildman–Crippen LogP) is 2.62. The molecule has 0 heterocycles. The second-order valence-corrected chi connectivity index (χ2v) is 3.77. The first-order chi connectivity index (χ1) is 9.59. The van der Waals surface area contributed by atoms with E-state index < -0.39 is 9.96 Å². The van der Waals surface area contributed by atoms with E-state index in [0.717, 1.165) is 0 Å². The van der Waals surface area contributed by atoms with E-state index in [-0.39, 0.29) is 17.1 Å². The van der Waals surface area contributed by atoms with Crippen molar-refractivity contribution in [2.45, 2.75) is 0 Å². The van der Waals surface area contributed by atoms with E-state index in [1.165, 1.54) is 30.3 Å². The molecule has 8 heteroatoms. The van der Waals surface area contributed by atoms with Gasteiger partial charge in [0.2, 0.25) is 0 Å². The van der Waals surface area contributed by atoms with Crippen LogP contribution < -0.4 is 10.5 Å². The molecular formula is C12H10N4O4. The van der Waals surface area contributed by atoms with Gasteiger partial charge in [0.25, 0.3) is 5.69 Å². The zero-order chi connectivity index (χ0) is 14.5. The van der Waals surface area contributed by atoms with Crippen LogP contribution in [0.1, 0.15) is 0 Å². The Bertz CT molecular complexity index is 632. The summed E-state index contributed by atoms with van der Waals surface area (Å²) in [5, 5.41) is 21.9. The van der Waals surface area contributed by atoms with Crippen LogP contribution in [-0.2, 0) is 0 Å². The van der Waals surface area contributed by atoms with Gasteiger partial charge in [0.15, 0.2) is 5.03 Å². The van der Waals surface area contributed by atoms with E-state index in [2.05, 4.69) is 5.43 Å². The van der Waals surface area contributed by atoms with Gasteiger partial charge in [-0.15, -0.1) is 0 Å². The third kappa shape index (κ3) is 2.80. The first kappa shape index (κ1) is 13.3. The summed E-state index contributed by atoms with van der Waals surface area (Å²) in [5.74, 6) is 0. The van der Waals surface area contributed by atoms with Crippen LogP contribution in [0.15, 0.2) is 54.6 Å². The minimum atomic E-state index is -0.688. The molecule has 2 rings (SSSR count). The molecule has 0 radical (unpaired) electrons. The highest BCUT2D eigenvalue weighted by Crippen LogP contribution is 2.25. The number of nitrogens with one attached hydrogen (secondary N) is 1. The van der Waals surface area contributed by atoms with Crippen LogP contribution in [-0.4, -0.2) is 9.96 Å². The molecule has 0 spiro atoms. The highest BCUT2D eigenvalue weighted by Gasteiger charge is 2.21. The lowest BCUT2D eigenvalue weighted by Gasteiger charge is -2.15. The monoisotopic (exact) mass is 274 g/mol. The van der Waals surface area contributed by atoms with Crippen LogP contribution >= 0.6 is 0 Å². The largest absolute Gasteiger partial charge is 0.294 e. The zero-order valence-electron chi connectivity index (χ0n) is 10.2. The summed E-state index contributed by atoms with van der Waals surface area (Å²) >= 11 is 0. The summed E-state index contributed by atoms with van der Waals surface area (Å²) < 4.78 is 0. The Hall–Kier alpha value is -3.16. The first-order valence-corrected chi connectivity index (χ1v) is 5.59. The number of anilines is 2. The van der Waals surface area contributed by atoms with Crippen molar-refractivity contribution in [2.75, 3.05) is 10.5 Å². The molecule has 20 heavy (non-hydrogen) atoms. The van der Waals surface area contributed by atoms with E-state index in [0.29, 0.717) is 5.12 Å². The normalized spacial score (nSPS) is 9.80. The second kappa shape index (κ2) is 5.65. The van der Waals surface area contributed by atoms with Gasteiger partial charge in [-0.3, -0.25) is 10.1 Å². The molecular weight excluding hydrogens is 264 g/mol. The molecule has 1 N–H and O–H groups in total. The van der Waals surface area contributed by atoms with Crippen molar-refractivity contribution in [3.8, 4) is 0 Å². The number of nitrogens with zero attached hydrogens (tertiary/aromatic N) is 3. The highest BCUT2D eigenvalue weighted by atomic mass is 16.7. The minimum absolute atomic E-state index is 0.0399. The standard InChI is InChI=1S/C12H10N4O4/c17-15(18)12-9-5-4-8-11(12)13-14(16(19)20)10-6-2-1-3-7-10/h1-9,13H. The van der Waals surface area contributed by atoms with Gasteiger partial charge in [-0.1, -0.05) is 30.3 Å². The van der Waals surface area contributed by atoms with E-state index in [1.807, 2.05) is 0 Å². The van der Waals surface area contributed by atoms with Gasteiger partial charge in [0.1, 0.15) is 11.4 Å². The number of rotatable bonds is 5. The summed E-state index contributed by atoms with van der Waals surface area (Å²) in [4.78, 5) is 21.4. The quantitative estimate of drug-likeness (QED) is 0.664. The Kier molecular flexibility index (Phi) is 3.75. The van der Waals surface area contributed by atoms with Crippen molar-refractivity contribution in [1.82, 2.24) is 0 Å². The molecule has 0 aliphatic heterocycles. The molecule has 0 aliphatic rings. The van der Waals surface area contributed by atoms with Crippen LogP contribution in [0.4, 0.5) is 17.1 Å². The van der Waals surface area contributed by atoms with E-state index >= 15 is 0 Å². The highest BCUT2D eigenvalue weighted by molar-refractivity contribution is 5.64. The van der Waals surface area contributed by atoms with Crippen molar-refractivity contribution in [3.63, 3.8) is 0 Å². The summed E-state index contributed by atoms with van der Waals surface area (Å²) in [7, 11) is 0. The molecule has 102 valence electrons. The Balaban J connectivity index is 2.35. The van der Waals surface area contributed by atoms with Gasteiger partial charge >= 0.3 is 0 Å². The Labute approximate surface area is 113 Å². The molecule has 0 fully saturated rings. The van der Waals surface area contributed by atoms with Crippen LogP contribution in [0.3, 0.4) is 0 Å². The third-order valence-corrected chi connectivity index (χ3v) is 2.49. The number of benzene rings is 2.